The van der Waals surface area contributed by atoms with Crippen LogP contribution in [0.15, 0.2) is 46.7 Å². The Morgan fingerprint density at radius 2 is 1.74 bits per heavy atom. The normalized spacial score (nSPS) is 24.3. The Bertz CT molecular complexity index is 431. The van der Waals surface area contributed by atoms with E-state index in [-0.39, 0.29) is 0 Å². The quantitative estimate of drug-likeness (QED) is 0.622. The lowest BCUT2D eigenvalue weighted by Crippen LogP contribution is -2.20. The van der Waals surface area contributed by atoms with Gasteiger partial charge in [-0.05, 0) is 54.0 Å². The largest absolute Gasteiger partial charge is 0.374 e. The molecule has 0 radical (unpaired) electrons. The van der Waals surface area contributed by atoms with E-state index < -0.39 is 0 Å². The fourth-order valence-electron chi connectivity index (χ4n) is 2.53. The lowest BCUT2D eigenvalue weighted by atomic mass is 10.0. The third-order valence-corrected chi connectivity index (χ3v) is 4.02. The van der Waals surface area contributed by atoms with E-state index in [1.54, 1.807) is 5.57 Å². The van der Waals surface area contributed by atoms with Gasteiger partial charge in [0.05, 0.1) is 0 Å². The van der Waals surface area contributed by atoms with Gasteiger partial charge in [-0.2, -0.15) is 0 Å². The summed E-state index contributed by atoms with van der Waals surface area (Å²) in [5.41, 5.74) is 5.72. The van der Waals surface area contributed by atoms with Crippen LogP contribution in [0, 0.1) is 5.92 Å². The summed E-state index contributed by atoms with van der Waals surface area (Å²) in [5, 5.41) is 0. The monoisotopic (exact) mass is 259 g/mol. The van der Waals surface area contributed by atoms with Crippen molar-refractivity contribution in [3.05, 3.63) is 46.7 Å². The van der Waals surface area contributed by atoms with Crippen LogP contribution in [0.1, 0.15) is 48.0 Å². The number of rotatable bonds is 5. The van der Waals surface area contributed by atoms with Crippen molar-refractivity contribution in [1.82, 2.24) is 4.90 Å². The summed E-state index contributed by atoms with van der Waals surface area (Å²) in [7, 11) is 2.21. The van der Waals surface area contributed by atoms with E-state index in [2.05, 4.69) is 77.8 Å². The first-order chi connectivity index (χ1) is 8.88. The molecule has 1 saturated carbocycles. The molecule has 2 atom stereocenters. The van der Waals surface area contributed by atoms with E-state index >= 15 is 0 Å². The predicted octanol–water partition coefficient (Wildman–Crippen LogP) is 5.09. The predicted molar refractivity (Wildman–Crippen MR) is 86.0 cm³/mol. The minimum atomic E-state index is 0.682. The summed E-state index contributed by atoms with van der Waals surface area (Å²) in [6.45, 7) is 13.1. The van der Waals surface area contributed by atoms with Gasteiger partial charge in [0.1, 0.15) is 0 Å². The average Bonchev–Trinajstić information content (AvgIpc) is 3.13. The fourth-order valence-corrected chi connectivity index (χ4v) is 2.53. The second kappa shape index (κ2) is 6.79. The van der Waals surface area contributed by atoms with Gasteiger partial charge >= 0.3 is 0 Å². The van der Waals surface area contributed by atoms with Gasteiger partial charge in [0, 0.05) is 24.7 Å². The van der Waals surface area contributed by atoms with E-state index in [1.807, 2.05) is 0 Å². The topological polar surface area (TPSA) is 3.24 Å². The maximum atomic E-state index is 2.42. The third kappa shape index (κ3) is 4.41. The fraction of sp³-hybridized carbons (Fsp3) is 0.556. The second-order valence-electron chi connectivity index (χ2n) is 5.94. The van der Waals surface area contributed by atoms with Gasteiger partial charge in [0.25, 0.3) is 0 Å². The average molecular weight is 259 g/mol. The van der Waals surface area contributed by atoms with Gasteiger partial charge in [0.2, 0.25) is 0 Å². The molecule has 0 aliphatic heterocycles. The van der Waals surface area contributed by atoms with Crippen molar-refractivity contribution in [3.63, 3.8) is 0 Å². The van der Waals surface area contributed by atoms with Crippen molar-refractivity contribution in [1.29, 1.82) is 0 Å². The Morgan fingerprint density at radius 1 is 1.11 bits per heavy atom. The van der Waals surface area contributed by atoms with Crippen LogP contribution < -0.4 is 0 Å². The van der Waals surface area contributed by atoms with Crippen LogP contribution in [0.25, 0.3) is 0 Å². The Kier molecular flexibility index (Phi) is 5.65. The molecular formula is C18H29N. The van der Waals surface area contributed by atoms with Crippen molar-refractivity contribution in [3.8, 4) is 0 Å². The summed E-state index contributed by atoms with van der Waals surface area (Å²) in [5.74, 6) is 0.731. The molecule has 1 rings (SSSR count). The summed E-state index contributed by atoms with van der Waals surface area (Å²) in [6, 6.07) is 0.682. The highest BCUT2D eigenvalue weighted by Gasteiger charge is 2.41. The van der Waals surface area contributed by atoms with Crippen molar-refractivity contribution < 1.29 is 0 Å². The van der Waals surface area contributed by atoms with Crippen LogP contribution >= 0.6 is 0 Å². The zero-order chi connectivity index (χ0) is 14.6. The molecule has 0 bridgehead atoms. The highest BCUT2D eigenvalue weighted by molar-refractivity contribution is 5.31. The van der Waals surface area contributed by atoms with Gasteiger partial charge in [-0.3, -0.25) is 0 Å². The van der Waals surface area contributed by atoms with Gasteiger partial charge in [-0.1, -0.05) is 34.9 Å². The molecule has 0 amide bonds. The molecular weight excluding hydrogens is 230 g/mol. The number of allylic oxidation sites excluding steroid dienone is 7. The molecule has 0 aromatic carbocycles. The molecule has 1 aliphatic carbocycles. The minimum Gasteiger partial charge on any atom is -0.374 e. The zero-order valence-electron chi connectivity index (χ0n) is 13.6. The van der Waals surface area contributed by atoms with Crippen molar-refractivity contribution >= 4 is 0 Å². The SMILES string of the molecule is C/C=C\C=C(/C)N(C)C1CC1/C(C)=C(\C)C=C(C)C. The van der Waals surface area contributed by atoms with Crippen LogP contribution in [0.2, 0.25) is 0 Å². The third-order valence-electron chi connectivity index (χ3n) is 4.02. The van der Waals surface area contributed by atoms with E-state index in [4.69, 9.17) is 0 Å². The van der Waals surface area contributed by atoms with E-state index in [0.29, 0.717) is 6.04 Å². The van der Waals surface area contributed by atoms with Gasteiger partial charge in [-0.25, -0.2) is 0 Å². The minimum absolute atomic E-state index is 0.682. The summed E-state index contributed by atoms with van der Waals surface area (Å²) in [6.07, 6.45) is 9.97. The van der Waals surface area contributed by atoms with Crippen LogP contribution in [0.3, 0.4) is 0 Å². The molecule has 0 spiro atoms. The number of hydrogen-bond donors (Lipinski definition) is 0. The first-order valence-electron chi connectivity index (χ1n) is 7.23. The molecule has 106 valence electrons. The molecule has 1 fully saturated rings. The number of nitrogens with zero attached hydrogens (tertiary/aromatic N) is 1. The molecule has 1 aliphatic rings. The Morgan fingerprint density at radius 3 is 2.26 bits per heavy atom. The first kappa shape index (κ1) is 15.8. The van der Waals surface area contributed by atoms with Crippen molar-refractivity contribution in [2.45, 2.75) is 54.0 Å². The Labute approximate surface area is 119 Å². The number of hydrogen-bond acceptors (Lipinski definition) is 1. The summed E-state index contributed by atoms with van der Waals surface area (Å²) in [4.78, 5) is 2.42. The molecule has 19 heavy (non-hydrogen) atoms. The van der Waals surface area contributed by atoms with Crippen LogP contribution in [-0.4, -0.2) is 18.0 Å². The Balaban J connectivity index is 2.72. The highest BCUT2D eigenvalue weighted by Crippen LogP contribution is 2.43. The van der Waals surface area contributed by atoms with Crippen molar-refractivity contribution in [2.75, 3.05) is 7.05 Å². The molecule has 2 unspecified atom stereocenters. The zero-order valence-corrected chi connectivity index (χ0v) is 13.6. The van der Waals surface area contributed by atoms with Crippen LogP contribution in [0.5, 0.6) is 0 Å². The summed E-state index contributed by atoms with van der Waals surface area (Å²) >= 11 is 0. The smallest absolute Gasteiger partial charge is 0.0356 e. The maximum absolute atomic E-state index is 2.42. The lowest BCUT2D eigenvalue weighted by molar-refractivity contribution is 0.395. The van der Waals surface area contributed by atoms with Gasteiger partial charge in [-0.15, -0.1) is 0 Å². The van der Waals surface area contributed by atoms with E-state index in [0.717, 1.165) is 5.92 Å². The van der Waals surface area contributed by atoms with E-state index in [1.165, 1.54) is 23.3 Å². The highest BCUT2D eigenvalue weighted by atomic mass is 15.2. The lowest BCUT2D eigenvalue weighted by Gasteiger charge is -2.20. The molecule has 1 nitrogen and oxygen atoms in total. The molecule has 0 heterocycles. The molecule has 0 N–H and O–H groups in total. The van der Waals surface area contributed by atoms with Gasteiger partial charge < -0.3 is 4.90 Å². The Hall–Kier alpha value is -1.24. The van der Waals surface area contributed by atoms with Crippen LogP contribution in [-0.2, 0) is 0 Å². The maximum Gasteiger partial charge on any atom is 0.0356 e. The van der Waals surface area contributed by atoms with Crippen molar-refractivity contribution in [2.24, 2.45) is 5.92 Å². The standard InChI is InChI=1S/C18H29N/c1-8-9-10-15(5)19(7)18-12-17(18)16(6)14(4)11-13(2)3/h8-11,17-18H,12H2,1-7H3/b9-8-,15-10+,16-14+. The second-order valence-corrected chi connectivity index (χ2v) is 5.94. The van der Waals surface area contributed by atoms with Crippen LogP contribution in [0.4, 0.5) is 0 Å². The molecule has 0 saturated heterocycles. The first-order valence-corrected chi connectivity index (χ1v) is 7.23. The summed E-state index contributed by atoms with van der Waals surface area (Å²) < 4.78 is 0. The molecule has 1 heteroatoms. The molecule has 0 aromatic heterocycles. The van der Waals surface area contributed by atoms with E-state index in [9.17, 15) is 0 Å². The molecule has 0 aromatic rings. The van der Waals surface area contributed by atoms with Gasteiger partial charge in [0.15, 0.2) is 0 Å².